The predicted molar refractivity (Wildman–Crippen MR) is 80.5 cm³/mol. The van der Waals surface area contributed by atoms with Crippen molar-refractivity contribution in [2.75, 3.05) is 18.1 Å². The molecule has 0 bridgehead atoms. The van der Waals surface area contributed by atoms with E-state index in [0.717, 1.165) is 5.56 Å². The first-order chi connectivity index (χ1) is 10.1. The Kier molecular flexibility index (Phi) is 5.08. The highest BCUT2D eigenvalue weighted by Crippen LogP contribution is 2.26. The SMILES string of the molecule is O=[N+]([O-])c1cccnc1N(CCO)Cc1cccc(Cl)c1. The van der Waals surface area contributed by atoms with Crippen LogP contribution in [-0.4, -0.2) is 28.2 Å². The van der Waals surface area contributed by atoms with Crippen LogP contribution in [0.2, 0.25) is 5.02 Å². The van der Waals surface area contributed by atoms with Crippen LogP contribution in [0.1, 0.15) is 5.56 Å². The van der Waals surface area contributed by atoms with Gasteiger partial charge < -0.3 is 10.0 Å². The number of nitro groups is 1. The summed E-state index contributed by atoms with van der Waals surface area (Å²) < 4.78 is 0. The molecule has 0 amide bonds. The minimum Gasteiger partial charge on any atom is -0.395 e. The second kappa shape index (κ2) is 7.01. The predicted octanol–water partition coefficient (Wildman–Crippen LogP) is 2.64. The lowest BCUT2D eigenvalue weighted by atomic mass is 10.2. The first kappa shape index (κ1) is 15.2. The van der Waals surface area contributed by atoms with Crippen LogP contribution in [0.25, 0.3) is 0 Å². The highest BCUT2D eigenvalue weighted by molar-refractivity contribution is 6.30. The molecule has 0 saturated carbocycles. The van der Waals surface area contributed by atoms with Crippen LogP contribution in [0, 0.1) is 10.1 Å². The molecule has 0 aliphatic carbocycles. The minimum absolute atomic E-state index is 0.0898. The summed E-state index contributed by atoms with van der Waals surface area (Å²) in [6.07, 6.45) is 1.49. The van der Waals surface area contributed by atoms with Crippen LogP contribution < -0.4 is 4.90 Å². The van der Waals surface area contributed by atoms with Gasteiger partial charge in [-0.05, 0) is 23.8 Å². The van der Waals surface area contributed by atoms with Gasteiger partial charge in [0.1, 0.15) is 0 Å². The molecule has 6 nitrogen and oxygen atoms in total. The second-order valence-electron chi connectivity index (χ2n) is 4.38. The standard InChI is InChI=1S/C14H14ClN3O3/c15-12-4-1-3-11(9-12)10-17(7-8-19)14-13(18(20)21)5-2-6-16-14/h1-6,9,19H,7-8,10H2. The van der Waals surface area contributed by atoms with Crippen molar-refractivity contribution in [3.63, 3.8) is 0 Å². The molecule has 1 N–H and O–H groups in total. The van der Waals surface area contributed by atoms with Gasteiger partial charge in [0, 0.05) is 30.4 Å². The van der Waals surface area contributed by atoms with Crippen LogP contribution in [0.5, 0.6) is 0 Å². The Bertz CT molecular complexity index is 636. The molecule has 7 heteroatoms. The average Bonchev–Trinajstić information content (AvgIpc) is 2.47. The van der Waals surface area contributed by atoms with Gasteiger partial charge in [-0.15, -0.1) is 0 Å². The Hall–Kier alpha value is -2.18. The molecule has 110 valence electrons. The van der Waals surface area contributed by atoms with Crippen LogP contribution >= 0.6 is 11.6 Å². The maximum absolute atomic E-state index is 11.1. The zero-order valence-electron chi connectivity index (χ0n) is 11.1. The lowest BCUT2D eigenvalue weighted by molar-refractivity contribution is -0.384. The number of pyridine rings is 1. The van der Waals surface area contributed by atoms with Gasteiger partial charge in [-0.25, -0.2) is 4.98 Å². The highest BCUT2D eigenvalue weighted by atomic mass is 35.5. The molecule has 1 aromatic carbocycles. The van der Waals surface area contributed by atoms with E-state index in [1.165, 1.54) is 18.3 Å². The van der Waals surface area contributed by atoms with Crippen molar-refractivity contribution in [1.29, 1.82) is 0 Å². The molecule has 1 aromatic heterocycles. The van der Waals surface area contributed by atoms with Crippen LogP contribution in [0.3, 0.4) is 0 Å². The molecular weight excluding hydrogens is 294 g/mol. The fraction of sp³-hybridized carbons (Fsp3) is 0.214. The number of rotatable bonds is 6. The topological polar surface area (TPSA) is 79.5 Å². The number of hydrogen-bond donors (Lipinski definition) is 1. The zero-order chi connectivity index (χ0) is 15.2. The minimum atomic E-state index is -0.481. The lowest BCUT2D eigenvalue weighted by Gasteiger charge is -2.22. The molecule has 2 aromatic rings. The van der Waals surface area contributed by atoms with Gasteiger partial charge in [0.05, 0.1) is 11.5 Å². The molecule has 2 rings (SSSR count). The Morgan fingerprint density at radius 1 is 1.33 bits per heavy atom. The van der Waals surface area contributed by atoms with Crippen molar-refractivity contribution < 1.29 is 10.0 Å². The third-order valence-corrected chi connectivity index (χ3v) is 3.13. The van der Waals surface area contributed by atoms with Gasteiger partial charge in [0.25, 0.3) is 0 Å². The van der Waals surface area contributed by atoms with Gasteiger partial charge in [-0.3, -0.25) is 10.1 Å². The van der Waals surface area contributed by atoms with Crippen LogP contribution in [-0.2, 0) is 6.54 Å². The van der Waals surface area contributed by atoms with E-state index in [2.05, 4.69) is 4.98 Å². The van der Waals surface area contributed by atoms with Crippen molar-refractivity contribution >= 4 is 23.1 Å². The normalized spacial score (nSPS) is 10.4. The number of aromatic nitrogens is 1. The van der Waals surface area contributed by atoms with Crippen molar-refractivity contribution in [2.24, 2.45) is 0 Å². The van der Waals surface area contributed by atoms with E-state index in [-0.39, 0.29) is 24.7 Å². The van der Waals surface area contributed by atoms with E-state index in [1.54, 1.807) is 17.0 Å². The summed E-state index contributed by atoms with van der Waals surface area (Å²) in [4.78, 5) is 16.3. The Morgan fingerprint density at radius 3 is 2.81 bits per heavy atom. The quantitative estimate of drug-likeness (QED) is 0.655. The summed E-state index contributed by atoms with van der Waals surface area (Å²) in [6, 6.07) is 10.1. The molecule has 0 radical (unpaired) electrons. The summed E-state index contributed by atoms with van der Waals surface area (Å²) in [7, 11) is 0. The largest absolute Gasteiger partial charge is 0.395 e. The zero-order valence-corrected chi connectivity index (χ0v) is 11.9. The first-order valence-corrected chi connectivity index (χ1v) is 6.69. The average molecular weight is 308 g/mol. The Balaban J connectivity index is 2.33. The number of hydrogen-bond acceptors (Lipinski definition) is 5. The van der Waals surface area contributed by atoms with Gasteiger partial charge in [0.2, 0.25) is 5.82 Å². The maximum atomic E-state index is 11.1. The molecule has 0 atom stereocenters. The molecule has 0 spiro atoms. The molecule has 21 heavy (non-hydrogen) atoms. The van der Waals surface area contributed by atoms with E-state index in [9.17, 15) is 15.2 Å². The summed E-state index contributed by atoms with van der Waals surface area (Å²) in [5.41, 5.74) is 0.795. The first-order valence-electron chi connectivity index (χ1n) is 6.31. The van der Waals surface area contributed by atoms with E-state index in [4.69, 9.17) is 11.6 Å². The molecule has 0 aliphatic heterocycles. The van der Waals surface area contributed by atoms with Gasteiger partial charge in [-0.1, -0.05) is 23.7 Å². The molecular formula is C14H14ClN3O3. The summed E-state index contributed by atoms with van der Waals surface area (Å²) in [5.74, 6) is 0.233. The van der Waals surface area contributed by atoms with Crippen LogP contribution in [0.4, 0.5) is 11.5 Å². The Morgan fingerprint density at radius 2 is 2.14 bits per heavy atom. The fourth-order valence-electron chi connectivity index (χ4n) is 2.01. The van der Waals surface area contributed by atoms with E-state index >= 15 is 0 Å². The van der Waals surface area contributed by atoms with Crippen LogP contribution in [0.15, 0.2) is 42.6 Å². The van der Waals surface area contributed by atoms with Gasteiger partial charge in [0.15, 0.2) is 0 Å². The monoisotopic (exact) mass is 307 g/mol. The summed E-state index contributed by atoms with van der Waals surface area (Å²) in [6.45, 7) is 0.484. The smallest absolute Gasteiger partial charge is 0.311 e. The molecule has 0 saturated heterocycles. The van der Waals surface area contributed by atoms with E-state index in [0.29, 0.717) is 11.6 Å². The lowest BCUT2D eigenvalue weighted by Crippen LogP contribution is -2.27. The number of benzene rings is 1. The fourth-order valence-corrected chi connectivity index (χ4v) is 2.22. The van der Waals surface area contributed by atoms with Gasteiger partial charge >= 0.3 is 5.69 Å². The second-order valence-corrected chi connectivity index (χ2v) is 4.81. The molecule has 0 unspecified atom stereocenters. The van der Waals surface area contributed by atoms with Crippen molar-refractivity contribution in [1.82, 2.24) is 4.98 Å². The van der Waals surface area contributed by atoms with E-state index in [1.807, 2.05) is 12.1 Å². The number of aliphatic hydroxyl groups is 1. The highest BCUT2D eigenvalue weighted by Gasteiger charge is 2.20. The molecule has 0 fully saturated rings. The summed E-state index contributed by atoms with van der Waals surface area (Å²) in [5, 5.41) is 20.9. The number of halogens is 1. The van der Waals surface area contributed by atoms with Crippen molar-refractivity contribution in [3.05, 3.63) is 63.3 Å². The van der Waals surface area contributed by atoms with Crippen molar-refractivity contribution in [3.8, 4) is 0 Å². The number of nitrogens with zero attached hydrogens (tertiary/aromatic N) is 3. The third kappa shape index (κ3) is 3.90. The third-order valence-electron chi connectivity index (χ3n) is 2.89. The van der Waals surface area contributed by atoms with Gasteiger partial charge in [-0.2, -0.15) is 0 Å². The molecule has 1 heterocycles. The molecule has 0 aliphatic rings. The number of aliphatic hydroxyl groups excluding tert-OH is 1. The van der Waals surface area contributed by atoms with E-state index < -0.39 is 4.92 Å². The van der Waals surface area contributed by atoms with Crippen molar-refractivity contribution in [2.45, 2.75) is 6.54 Å². The Labute approximate surface area is 126 Å². The maximum Gasteiger partial charge on any atom is 0.311 e. The number of anilines is 1. The summed E-state index contributed by atoms with van der Waals surface area (Å²) >= 11 is 5.94.